The number of rotatable bonds is 0. The molecule has 0 unspecified atom stereocenters. The first kappa shape index (κ1) is 7.72. The second-order valence-electron chi connectivity index (χ2n) is 1.15. The highest BCUT2D eigenvalue weighted by atomic mass is 35.5. The van der Waals surface area contributed by atoms with Gasteiger partial charge in [0.1, 0.15) is 6.33 Å². The quantitative estimate of drug-likeness (QED) is 0.555. The summed E-state index contributed by atoms with van der Waals surface area (Å²) in [6, 6.07) is 0. The summed E-state index contributed by atoms with van der Waals surface area (Å²) < 4.78 is 1.49. The molecule has 8 heavy (non-hydrogen) atoms. The Morgan fingerprint density at radius 1 is 1.75 bits per heavy atom. The molecule has 1 aromatic rings. The van der Waals surface area contributed by atoms with Gasteiger partial charge in [-0.15, -0.1) is 12.4 Å². The van der Waals surface area contributed by atoms with Crippen LogP contribution in [0.25, 0.3) is 0 Å². The molecule has 0 aliphatic carbocycles. The molecule has 0 spiro atoms. The zero-order valence-electron chi connectivity index (χ0n) is 4.21. The second kappa shape index (κ2) is 2.89. The van der Waals surface area contributed by atoms with Crippen LogP contribution in [0.4, 0.5) is 0 Å². The van der Waals surface area contributed by atoms with E-state index in [0.717, 1.165) is 0 Å². The fourth-order valence-electron chi connectivity index (χ4n) is 0.282. The summed E-state index contributed by atoms with van der Waals surface area (Å²) in [7, 11) is 1.73. The molecular formula is C3H5Cl2N3. The third kappa shape index (κ3) is 1.35. The number of hydrogen-bond donors (Lipinski definition) is 0. The Hall–Kier alpha value is -0.280. The van der Waals surface area contributed by atoms with E-state index in [0.29, 0.717) is 5.28 Å². The highest BCUT2D eigenvalue weighted by molar-refractivity contribution is 6.28. The van der Waals surface area contributed by atoms with E-state index in [-0.39, 0.29) is 12.4 Å². The third-order valence-electron chi connectivity index (χ3n) is 0.656. The molecule has 0 fully saturated rings. The van der Waals surface area contributed by atoms with Crippen LogP contribution in [-0.2, 0) is 7.05 Å². The number of aromatic nitrogens is 3. The molecule has 5 heteroatoms. The lowest BCUT2D eigenvalue weighted by Gasteiger charge is -1.82. The van der Waals surface area contributed by atoms with Gasteiger partial charge in [-0.3, -0.25) is 0 Å². The Balaban J connectivity index is 0.000000490. The van der Waals surface area contributed by atoms with E-state index in [1.807, 2.05) is 0 Å². The zero-order valence-corrected chi connectivity index (χ0v) is 5.78. The smallest absolute Gasteiger partial charge is 0.220 e. The number of halogens is 2. The van der Waals surface area contributed by atoms with Gasteiger partial charge in [0.25, 0.3) is 0 Å². The molecule has 0 atom stereocenters. The molecule has 0 radical (unpaired) electrons. The first-order valence-corrected chi connectivity index (χ1v) is 2.18. The van der Waals surface area contributed by atoms with Crippen LogP contribution in [0.1, 0.15) is 0 Å². The van der Waals surface area contributed by atoms with Crippen molar-refractivity contribution in [1.29, 1.82) is 0 Å². The maximum absolute atomic E-state index is 5.41. The summed E-state index contributed by atoms with van der Waals surface area (Å²) in [6.45, 7) is 0. The van der Waals surface area contributed by atoms with Gasteiger partial charge in [-0.1, -0.05) is 0 Å². The minimum atomic E-state index is 0. The van der Waals surface area contributed by atoms with Crippen molar-refractivity contribution in [2.75, 3.05) is 0 Å². The van der Waals surface area contributed by atoms with Crippen molar-refractivity contribution in [3.05, 3.63) is 11.6 Å². The van der Waals surface area contributed by atoms with Crippen LogP contribution < -0.4 is 0 Å². The summed E-state index contributed by atoms with van der Waals surface area (Å²) in [4.78, 5) is 3.63. The van der Waals surface area contributed by atoms with Gasteiger partial charge in [0.05, 0.1) is 0 Å². The summed E-state index contributed by atoms with van der Waals surface area (Å²) in [5, 5.41) is 4.11. The molecule has 1 aromatic heterocycles. The molecule has 46 valence electrons. The minimum absolute atomic E-state index is 0. The van der Waals surface area contributed by atoms with Crippen molar-refractivity contribution >= 4 is 24.0 Å². The van der Waals surface area contributed by atoms with Crippen LogP contribution in [0.3, 0.4) is 0 Å². The lowest BCUT2D eigenvalue weighted by atomic mass is 11.2. The van der Waals surface area contributed by atoms with E-state index in [1.165, 1.54) is 11.0 Å². The molecule has 0 N–H and O–H groups in total. The van der Waals surface area contributed by atoms with Crippen LogP contribution in [0.2, 0.25) is 5.28 Å². The Labute approximate surface area is 58.1 Å². The van der Waals surface area contributed by atoms with E-state index in [9.17, 15) is 0 Å². The van der Waals surface area contributed by atoms with E-state index < -0.39 is 0 Å². The summed E-state index contributed by atoms with van der Waals surface area (Å²) >= 11 is 5.41. The third-order valence-corrected chi connectivity index (χ3v) is 0.998. The van der Waals surface area contributed by atoms with Crippen molar-refractivity contribution in [3.8, 4) is 0 Å². The van der Waals surface area contributed by atoms with Gasteiger partial charge in [-0.25, -0.2) is 9.67 Å². The van der Waals surface area contributed by atoms with Gasteiger partial charge in [-0.05, 0) is 11.6 Å². The Kier molecular flexibility index (Phi) is 2.79. The van der Waals surface area contributed by atoms with Crippen LogP contribution in [0.5, 0.6) is 0 Å². The van der Waals surface area contributed by atoms with Crippen molar-refractivity contribution < 1.29 is 0 Å². The van der Waals surface area contributed by atoms with E-state index in [1.54, 1.807) is 7.05 Å². The van der Waals surface area contributed by atoms with Crippen LogP contribution >= 0.6 is 24.0 Å². The monoisotopic (exact) mass is 153 g/mol. The van der Waals surface area contributed by atoms with Crippen LogP contribution in [-0.4, -0.2) is 14.8 Å². The highest BCUT2D eigenvalue weighted by Crippen LogP contribution is 1.95. The standard InChI is InChI=1S/C3H4ClN3.ClH/c1-7-3(4)5-2-6-7;/h2H,1H3;1H. The zero-order chi connectivity index (χ0) is 5.28. The Morgan fingerprint density at radius 2 is 2.38 bits per heavy atom. The maximum Gasteiger partial charge on any atom is 0.220 e. The van der Waals surface area contributed by atoms with Gasteiger partial charge in [0.2, 0.25) is 5.28 Å². The van der Waals surface area contributed by atoms with Gasteiger partial charge >= 0.3 is 0 Å². The van der Waals surface area contributed by atoms with Gasteiger partial charge in [0, 0.05) is 7.05 Å². The molecule has 1 rings (SSSR count). The summed E-state index contributed by atoms with van der Waals surface area (Å²) in [6.07, 6.45) is 1.41. The number of aryl methyl sites for hydroxylation is 1. The SMILES string of the molecule is Cl.Cn1ncnc1Cl. The first-order chi connectivity index (χ1) is 3.30. The topological polar surface area (TPSA) is 30.7 Å². The molecule has 0 saturated heterocycles. The van der Waals surface area contributed by atoms with Crippen LogP contribution in [0.15, 0.2) is 6.33 Å². The van der Waals surface area contributed by atoms with Crippen molar-refractivity contribution in [1.82, 2.24) is 14.8 Å². The van der Waals surface area contributed by atoms with E-state index >= 15 is 0 Å². The largest absolute Gasteiger partial charge is 0.240 e. The predicted molar refractivity (Wildman–Crippen MR) is 33.3 cm³/mol. The Morgan fingerprint density at radius 3 is 2.50 bits per heavy atom. The fourth-order valence-corrected chi connectivity index (χ4v) is 0.369. The molecule has 0 saturated carbocycles. The first-order valence-electron chi connectivity index (χ1n) is 1.80. The second-order valence-corrected chi connectivity index (χ2v) is 1.49. The van der Waals surface area contributed by atoms with Gasteiger partial charge in [-0.2, -0.15) is 5.10 Å². The molecule has 0 aliphatic rings. The van der Waals surface area contributed by atoms with Gasteiger partial charge < -0.3 is 0 Å². The van der Waals surface area contributed by atoms with E-state index in [2.05, 4.69) is 10.1 Å². The lowest BCUT2D eigenvalue weighted by molar-refractivity contribution is 0.767. The molecule has 0 aliphatic heterocycles. The lowest BCUT2D eigenvalue weighted by Crippen LogP contribution is -1.87. The predicted octanol–water partition coefficient (Wildman–Crippen LogP) is 0.890. The molecule has 0 amide bonds. The molecule has 3 nitrogen and oxygen atoms in total. The van der Waals surface area contributed by atoms with Crippen molar-refractivity contribution in [2.45, 2.75) is 0 Å². The average Bonchev–Trinajstić information content (AvgIpc) is 1.91. The highest BCUT2D eigenvalue weighted by Gasteiger charge is 1.88. The minimum Gasteiger partial charge on any atom is -0.240 e. The average molecular weight is 154 g/mol. The molecule has 1 heterocycles. The maximum atomic E-state index is 5.41. The van der Waals surface area contributed by atoms with E-state index in [4.69, 9.17) is 11.6 Å². The summed E-state index contributed by atoms with van der Waals surface area (Å²) in [5.74, 6) is 0. The summed E-state index contributed by atoms with van der Waals surface area (Å²) in [5.41, 5.74) is 0. The van der Waals surface area contributed by atoms with Crippen LogP contribution in [0, 0.1) is 0 Å². The number of hydrogen-bond acceptors (Lipinski definition) is 2. The van der Waals surface area contributed by atoms with Gasteiger partial charge in [0.15, 0.2) is 0 Å². The molecule has 0 aromatic carbocycles. The Bertz CT molecular complexity index is 145. The molecule has 0 bridgehead atoms. The van der Waals surface area contributed by atoms with Crippen molar-refractivity contribution in [2.24, 2.45) is 7.05 Å². The number of nitrogens with zero attached hydrogens (tertiary/aromatic N) is 3. The normalized spacial score (nSPS) is 8.25. The molecular weight excluding hydrogens is 149 g/mol. The fraction of sp³-hybridized carbons (Fsp3) is 0.333. The van der Waals surface area contributed by atoms with Crippen molar-refractivity contribution in [3.63, 3.8) is 0 Å².